The van der Waals surface area contributed by atoms with Gasteiger partial charge in [0.25, 0.3) is 0 Å². The Kier molecular flexibility index (Phi) is 5.41. The molecule has 3 rings (SSSR count). The summed E-state index contributed by atoms with van der Waals surface area (Å²) in [4.78, 5) is 16.1. The summed E-state index contributed by atoms with van der Waals surface area (Å²) in [5.41, 5.74) is 1.33. The van der Waals surface area contributed by atoms with Crippen LogP contribution in [0.1, 0.15) is 36.2 Å². The fraction of sp³-hybridized carbons (Fsp3) is 0.421. The van der Waals surface area contributed by atoms with Crippen molar-refractivity contribution in [2.75, 3.05) is 20.3 Å². The van der Waals surface area contributed by atoms with Gasteiger partial charge in [-0.3, -0.25) is 4.79 Å². The molecule has 128 valence electrons. The van der Waals surface area contributed by atoms with E-state index in [0.717, 1.165) is 19.4 Å². The van der Waals surface area contributed by atoms with Gasteiger partial charge in [-0.2, -0.15) is 0 Å². The van der Waals surface area contributed by atoms with Crippen LogP contribution >= 0.6 is 11.3 Å². The third-order valence-corrected chi connectivity index (χ3v) is 5.44. The summed E-state index contributed by atoms with van der Waals surface area (Å²) in [6, 6.07) is 9.88. The maximum absolute atomic E-state index is 12.7. The highest BCUT2D eigenvalue weighted by Crippen LogP contribution is 2.35. The molecule has 0 aliphatic carbocycles. The zero-order valence-corrected chi connectivity index (χ0v) is 15.0. The van der Waals surface area contributed by atoms with E-state index in [-0.39, 0.29) is 11.9 Å². The minimum absolute atomic E-state index is 0.161. The summed E-state index contributed by atoms with van der Waals surface area (Å²) in [6.45, 7) is 3.31. The molecule has 0 saturated heterocycles. The molecule has 1 atom stereocenters. The highest BCUT2D eigenvalue weighted by molar-refractivity contribution is 7.10. The molecule has 0 saturated carbocycles. The molecule has 0 fully saturated rings. The Labute approximate surface area is 147 Å². The van der Waals surface area contributed by atoms with Gasteiger partial charge in [0.05, 0.1) is 26.2 Å². The summed E-state index contributed by atoms with van der Waals surface area (Å²) in [6.07, 6.45) is 2.29. The molecule has 0 radical (unpaired) electrons. The number of ether oxygens (including phenoxy) is 2. The molecule has 1 unspecified atom stereocenters. The zero-order chi connectivity index (χ0) is 16.9. The number of benzene rings is 1. The van der Waals surface area contributed by atoms with Crippen molar-refractivity contribution in [3.8, 4) is 11.5 Å². The number of rotatable bonds is 6. The Hall–Kier alpha value is -2.01. The fourth-order valence-electron chi connectivity index (χ4n) is 3.27. The first-order chi connectivity index (χ1) is 11.7. The van der Waals surface area contributed by atoms with Crippen molar-refractivity contribution in [1.82, 2.24) is 4.90 Å². The molecular weight excluding hydrogens is 322 g/mol. The molecule has 0 N–H and O–H groups in total. The van der Waals surface area contributed by atoms with Gasteiger partial charge in [0.15, 0.2) is 11.5 Å². The molecule has 1 aromatic heterocycles. The first-order valence-electron chi connectivity index (χ1n) is 8.36. The lowest BCUT2D eigenvalue weighted by Crippen LogP contribution is -2.39. The van der Waals surface area contributed by atoms with Gasteiger partial charge in [-0.25, -0.2) is 0 Å². The molecule has 24 heavy (non-hydrogen) atoms. The van der Waals surface area contributed by atoms with Crippen LogP contribution < -0.4 is 9.47 Å². The van der Waals surface area contributed by atoms with Crippen LogP contribution in [-0.2, 0) is 11.2 Å². The molecule has 5 heteroatoms. The largest absolute Gasteiger partial charge is 0.493 e. The second-order valence-corrected chi connectivity index (χ2v) is 6.81. The molecule has 1 aliphatic heterocycles. The lowest BCUT2D eigenvalue weighted by molar-refractivity contribution is -0.134. The van der Waals surface area contributed by atoms with Crippen molar-refractivity contribution in [3.05, 3.63) is 46.2 Å². The Morgan fingerprint density at radius 3 is 2.83 bits per heavy atom. The van der Waals surface area contributed by atoms with Crippen LogP contribution in [0.5, 0.6) is 11.5 Å². The molecule has 1 aromatic carbocycles. The number of fused-ring (bicyclic) bond motifs is 1. The summed E-state index contributed by atoms with van der Waals surface area (Å²) in [7, 11) is 1.62. The summed E-state index contributed by atoms with van der Waals surface area (Å²) < 4.78 is 11.0. The van der Waals surface area contributed by atoms with Crippen LogP contribution in [0.25, 0.3) is 0 Å². The Bertz CT molecular complexity index is 697. The number of amides is 1. The Balaban J connectivity index is 1.59. The summed E-state index contributed by atoms with van der Waals surface area (Å²) in [5.74, 6) is 1.53. The number of hydrogen-bond acceptors (Lipinski definition) is 4. The number of para-hydroxylation sites is 2. The average molecular weight is 345 g/mol. The standard InChI is InChI=1S/C19H23NO3S/c1-3-15-14-10-13-24-18(14)8-11-20(15)19(21)9-12-23-17-7-5-4-6-16(17)22-2/h4-7,10,13,15H,3,8-9,11-12H2,1-2H3. The van der Waals surface area contributed by atoms with Gasteiger partial charge in [0, 0.05) is 11.4 Å². The minimum atomic E-state index is 0.161. The molecule has 2 aromatic rings. The van der Waals surface area contributed by atoms with Gasteiger partial charge in [-0.05, 0) is 42.0 Å². The Morgan fingerprint density at radius 1 is 1.29 bits per heavy atom. The fourth-order valence-corrected chi connectivity index (χ4v) is 4.19. The van der Waals surface area contributed by atoms with Gasteiger partial charge in [-0.1, -0.05) is 19.1 Å². The second-order valence-electron chi connectivity index (χ2n) is 5.81. The number of carbonyl (C=O) groups is 1. The normalized spacial score (nSPS) is 16.6. The second kappa shape index (κ2) is 7.71. The predicted octanol–water partition coefficient (Wildman–Crippen LogP) is 4.06. The number of nitrogens with zero attached hydrogens (tertiary/aromatic N) is 1. The van der Waals surface area contributed by atoms with E-state index in [1.54, 1.807) is 18.4 Å². The number of methoxy groups -OCH3 is 1. The van der Waals surface area contributed by atoms with Gasteiger partial charge < -0.3 is 14.4 Å². The van der Waals surface area contributed by atoms with E-state index in [9.17, 15) is 4.79 Å². The van der Waals surface area contributed by atoms with Gasteiger partial charge in [0.2, 0.25) is 5.91 Å². The quantitative estimate of drug-likeness (QED) is 0.792. The summed E-state index contributed by atoms with van der Waals surface area (Å²) >= 11 is 1.80. The van der Waals surface area contributed by atoms with Gasteiger partial charge in [0.1, 0.15) is 0 Å². The lowest BCUT2D eigenvalue weighted by Gasteiger charge is -2.35. The molecule has 1 aliphatic rings. The van der Waals surface area contributed by atoms with Crippen molar-refractivity contribution in [2.45, 2.75) is 32.2 Å². The van der Waals surface area contributed by atoms with Crippen molar-refractivity contribution < 1.29 is 14.3 Å². The molecule has 0 spiro atoms. The smallest absolute Gasteiger partial charge is 0.226 e. The summed E-state index contributed by atoms with van der Waals surface area (Å²) in [5, 5.41) is 2.13. The van der Waals surface area contributed by atoms with Crippen LogP contribution in [-0.4, -0.2) is 31.1 Å². The molecule has 0 bridgehead atoms. The average Bonchev–Trinajstić information content (AvgIpc) is 3.09. The van der Waals surface area contributed by atoms with E-state index in [1.807, 2.05) is 29.2 Å². The SMILES string of the molecule is CCC1c2ccsc2CCN1C(=O)CCOc1ccccc1OC. The number of carbonyl (C=O) groups excluding carboxylic acids is 1. The van der Waals surface area contributed by atoms with E-state index >= 15 is 0 Å². The van der Waals surface area contributed by atoms with Crippen LogP contribution in [0, 0.1) is 0 Å². The highest BCUT2D eigenvalue weighted by atomic mass is 32.1. The first-order valence-corrected chi connectivity index (χ1v) is 9.24. The zero-order valence-electron chi connectivity index (χ0n) is 14.2. The maximum atomic E-state index is 12.7. The van der Waals surface area contributed by atoms with Crippen molar-refractivity contribution in [1.29, 1.82) is 0 Å². The third-order valence-electron chi connectivity index (χ3n) is 4.44. The minimum Gasteiger partial charge on any atom is -0.493 e. The number of thiophene rings is 1. The number of hydrogen-bond donors (Lipinski definition) is 0. The molecule has 4 nitrogen and oxygen atoms in total. The Morgan fingerprint density at radius 2 is 2.08 bits per heavy atom. The monoisotopic (exact) mass is 345 g/mol. The van der Waals surface area contributed by atoms with E-state index in [0.29, 0.717) is 24.5 Å². The van der Waals surface area contributed by atoms with Gasteiger partial charge in [-0.15, -0.1) is 11.3 Å². The van der Waals surface area contributed by atoms with E-state index in [4.69, 9.17) is 9.47 Å². The van der Waals surface area contributed by atoms with Crippen LogP contribution in [0.3, 0.4) is 0 Å². The van der Waals surface area contributed by atoms with Crippen LogP contribution in [0.2, 0.25) is 0 Å². The maximum Gasteiger partial charge on any atom is 0.226 e. The topological polar surface area (TPSA) is 38.8 Å². The van der Waals surface area contributed by atoms with Crippen LogP contribution in [0.15, 0.2) is 35.7 Å². The van der Waals surface area contributed by atoms with E-state index in [1.165, 1.54) is 10.4 Å². The molecule has 2 heterocycles. The van der Waals surface area contributed by atoms with Crippen molar-refractivity contribution in [3.63, 3.8) is 0 Å². The lowest BCUT2D eigenvalue weighted by atomic mass is 9.97. The third kappa shape index (κ3) is 3.41. The van der Waals surface area contributed by atoms with Crippen LogP contribution in [0.4, 0.5) is 0 Å². The van der Waals surface area contributed by atoms with E-state index in [2.05, 4.69) is 18.4 Å². The van der Waals surface area contributed by atoms with Crippen molar-refractivity contribution >= 4 is 17.2 Å². The van der Waals surface area contributed by atoms with Crippen molar-refractivity contribution in [2.24, 2.45) is 0 Å². The predicted molar refractivity (Wildman–Crippen MR) is 95.9 cm³/mol. The molecule has 1 amide bonds. The highest BCUT2D eigenvalue weighted by Gasteiger charge is 2.29. The first kappa shape index (κ1) is 16.8. The van der Waals surface area contributed by atoms with E-state index < -0.39 is 0 Å². The van der Waals surface area contributed by atoms with Gasteiger partial charge >= 0.3 is 0 Å². The molecular formula is C19H23NO3S.